The van der Waals surface area contributed by atoms with E-state index in [0.717, 1.165) is 5.92 Å². The van der Waals surface area contributed by atoms with Crippen LogP contribution in [0, 0.1) is 5.92 Å². The van der Waals surface area contributed by atoms with Gasteiger partial charge < -0.3 is 5.73 Å². The van der Waals surface area contributed by atoms with Gasteiger partial charge in [0.1, 0.15) is 0 Å². The number of hydrogen-bond donors (Lipinski definition) is 1. The van der Waals surface area contributed by atoms with Crippen molar-refractivity contribution in [1.82, 2.24) is 0 Å². The Kier molecular flexibility index (Phi) is 3.30. The maximum atomic E-state index is 6.22. The maximum absolute atomic E-state index is 6.22. The van der Waals surface area contributed by atoms with Crippen molar-refractivity contribution < 1.29 is 0 Å². The Bertz CT molecular complexity index is 239. The van der Waals surface area contributed by atoms with Crippen LogP contribution in [0.3, 0.4) is 0 Å². The lowest BCUT2D eigenvalue weighted by Gasteiger charge is -2.26. The van der Waals surface area contributed by atoms with Crippen LogP contribution in [0.1, 0.15) is 23.8 Å². The molecule has 2 heterocycles. The first-order valence-electron chi connectivity index (χ1n) is 4.74. The van der Waals surface area contributed by atoms with E-state index in [1.165, 1.54) is 29.2 Å². The number of nitrogens with two attached hydrogens (primary N) is 1. The summed E-state index contributed by atoms with van der Waals surface area (Å²) in [6.07, 6.45) is 2.59. The average Bonchev–Trinajstić information content (AvgIpc) is 2.71. The van der Waals surface area contributed by atoms with Crippen molar-refractivity contribution in [2.24, 2.45) is 11.7 Å². The van der Waals surface area contributed by atoms with Crippen LogP contribution >= 0.6 is 23.1 Å². The second-order valence-electron chi connectivity index (χ2n) is 3.49. The van der Waals surface area contributed by atoms with Gasteiger partial charge in [0, 0.05) is 10.9 Å². The van der Waals surface area contributed by atoms with E-state index in [2.05, 4.69) is 29.3 Å². The first kappa shape index (κ1) is 9.56. The van der Waals surface area contributed by atoms with E-state index in [4.69, 9.17) is 5.73 Å². The average molecular weight is 213 g/mol. The van der Waals surface area contributed by atoms with E-state index in [0.29, 0.717) is 6.04 Å². The first-order valence-corrected chi connectivity index (χ1v) is 6.78. The molecule has 1 unspecified atom stereocenters. The number of rotatable bonds is 2. The standard InChI is InChI=1S/C10H15NS2/c11-10(9-2-1-5-13-9)8-3-6-12-7-4-8/h1-2,5,8,10H,3-4,6-7,11H2. The second kappa shape index (κ2) is 4.49. The van der Waals surface area contributed by atoms with E-state index < -0.39 is 0 Å². The van der Waals surface area contributed by atoms with E-state index in [-0.39, 0.29) is 0 Å². The zero-order valence-corrected chi connectivity index (χ0v) is 9.24. The van der Waals surface area contributed by atoms with Gasteiger partial charge >= 0.3 is 0 Å². The van der Waals surface area contributed by atoms with Crippen LogP contribution in [0.25, 0.3) is 0 Å². The topological polar surface area (TPSA) is 26.0 Å². The molecule has 1 atom stereocenters. The monoisotopic (exact) mass is 213 g/mol. The molecule has 1 aliphatic rings. The quantitative estimate of drug-likeness (QED) is 0.817. The lowest BCUT2D eigenvalue weighted by molar-refractivity contribution is 0.408. The molecule has 1 aromatic rings. The van der Waals surface area contributed by atoms with Crippen molar-refractivity contribution in [2.75, 3.05) is 11.5 Å². The van der Waals surface area contributed by atoms with Crippen LogP contribution in [0.4, 0.5) is 0 Å². The molecular formula is C10H15NS2. The Balaban J connectivity index is 1.99. The highest BCUT2D eigenvalue weighted by Crippen LogP contribution is 2.33. The molecule has 0 aliphatic carbocycles. The van der Waals surface area contributed by atoms with Crippen LogP contribution in [0.15, 0.2) is 17.5 Å². The number of hydrogen-bond acceptors (Lipinski definition) is 3. The Morgan fingerprint density at radius 2 is 2.15 bits per heavy atom. The Hall–Kier alpha value is 0.01000. The first-order chi connectivity index (χ1) is 6.38. The van der Waals surface area contributed by atoms with Gasteiger partial charge in [-0.3, -0.25) is 0 Å². The molecule has 1 saturated heterocycles. The molecule has 0 saturated carbocycles. The van der Waals surface area contributed by atoms with Crippen LogP contribution in [0.5, 0.6) is 0 Å². The molecule has 1 aromatic heterocycles. The predicted molar refractivity (Wildman–Crippen MR) is 61.3 cm³/mol. The van der Waals surface area contributed by atoms with Crippen molar-refractivity contribution in [3.8, 4) is 0 Å². The summed E-state index contributed by atoms with van der Waals surface area (Å²) in [7, 11) is 0. The van der Waals surface area contributed by atoms with Crippen molar-refractivity contribution in [1.29, 1.82) is 0 Å². The van der Waals surface area contributed by atoms with Gasteiger partial charge in [-0.05, 0) is 41.7 Å². The molecule has 1 nitrogen and oxygen atoms in total. The summed E-state index contributed by atoms with van der Waals surface area (Å²) in [6, 6.07) is 4.55. The highest BCUT2D eigenvalue weighted by Gasteiger charge is 2.22. The molecule has 0 amide bonds. The minimum Gasteiger partial charge on any atom is -0.323 e. The molecule has 2 N–H and O–H groups in total. The van der Waals surface area contributed by atoms with Gasteiger partial charge in [0.25, 0.3) is 0 Å². The van der Waals surface area contributed by atoms with Gasteiger partial charge in [-0.2, -0.15) is 11.8 Å². The summed E-state index contributed by atoms with van der Waals surface area (Å²) in [6.45, 7) is 0. The summed E-state index contributed by atoms with van der Waals surface area (Å²) < 4.78 is 0. The van der Waals surface area contributed by atoms with Gasteiger partial charge in [-0.1, -0.05) is 6.07 Å². The Labute approximate surface area is 87.7 Å². The van der Waals surface area contributed by atoms with Crippen molar-refractivity contribution >= 4 is 23.1 Å². The fourth-order valence-electron chi connectivity index (χ4n) is 1.79. The smallest absolute Gasteiger partial charge is 0.0418 e. The summed E-state index contributed by atoms with van der Waals surface area (Å²) in [5.74, 6) is 3.31. The third-order valence-corrected chi connectivity index (χ3v) is 4.67. The fourth-order valence-corrected chi connectivity index (χ4v) is 3.75. The lowest BCUT2D eigenvalue weighted by Crippen LogP contribution is -2.24. The fraction of sp³-hybridized carbons (Fsp3) is 0.600. The van der Waals surface area contributed by atoms with Crippen molar-refractivity contribution in [3.05, 3.63) is 22.4 Å². The van der Waals surface area contributed by atoms with Crippen LogP contribution < -0.4 is 5.73 Å². The minimum atomic E-state index is 0.292. The molecule has 0 bridgehead atoms. The maximum Gasteiger partial charge on any atom is 0.0418 e. The molecule has 1 aliphatic heterocycles. The highest BCUT2D eigenvalue weighted by atomic mass is 32.2. The summed E-state index contributed by atoms with van der Waals surface area (Å²) in [5, 5.41) is 2.12. The summed E-state index contributed by atoms with van der Waals surface area (Å²) in [4.78, 5) is 1.36. The van der Waals surface area contributed by atoms with Gasteiger partial charge in [0.15, 0.2) is 0 Å². The number of thioether (sulfide) groups is 1. The van der Waals surface area contributed by atoms with Crippen LogP contribution in [-0.2, 0) is 0 Å². The largest absolute Gasteiger partial charge is 0.323 e. The molecule has 1 fully saturated rings. The third kappa shape index (κ3) is 2.27. The molecule has 3 heteroatoms. The SMILES string of the molecule is NC(c1cccs1)C1CCSCC1. The zero-order chi connectivity index (χ0) is 9.10. The Morgan fingerprint density at radius 3 is 2.77 bits per heavy atom. The zero-order valence-electron chi connectivity index (χ0n) is 7.61. The molecule has 2 rings (SSSR count). The Morgan fingerprint density at radius 1 is 1.38 bits per heavy atom. The van der Waals surface area contributed by atoms with Crippen molar-refractivity contribution in [3.63, 3.8) is 0 Å². The van der Waals surface area contributed by atoms with Gasteiger partial charge in [0.2, 0.25) is 0 Å². The van der Waals surface area contributed by atoms with Gasteiger partial charge in [-0.25, -0.2) is 0 Å². The lowest BCUT2D eigenvalue weighted by atomic mass is 9.93. The molecule has 0 spiro atoms. The van der Waals surface area contributed by atoms with Crippen LogP contribution in [0.2, 0.25) is 0 Å². The third-order valence-electron chi connectivity index (χ3n) is 2.65. The van der Waals surface area contributed by atoms with Crippen molar-refractivity contribution in [2.45, 2.75) is 18.9 Å². The molecule has 0 radical (unpaired) electrons. The molecular weight excluding hydrogens is 198 g/mol. The van der Waals surface area contributed by atoms with Gasteiger partial charge in [0.05, 0.1) is 0 Å². The molecule has 0 aromatic carbocycles. The summed E-state index contributed by atoms with van der Waals surface area (Å²) in [5.41, 5.74) is 6.22. The highest BCUT2D eigenvalue weighted by molar-refractivity contribution is 7.99. The second-order valence-corrected chi connectivity index (χ2v) is 5.70. The minimum absolute atomic E-state index is 0.292. The number of thiophene rings is 1. The summed E-state index contributed by atoms with van der Waals surface area (Å²) >= 11 is 3.85. The predicted octanol–water partition coefficient (Wildman–Crippen LogP) is 2.89. The van der Waals surface area contributed by atoms with E-state index in [1.807, 2.05) is 0 Å². The van der Waals surface area contributed by atoms with E-state index >= 15 is 0 Å². The normalized spacial score (nSPS) is 21.6. The molecule has 72 valence electrons. The van der Waals surface area contributed by atoms with E-state index in [9.17, 15) is 0 Å². The van der Waals surface area contributed by atoms with E-state index in [1.54, 1.807) is 11.3 Å². The molecule has 13 heavy (non-hydrogen) atoms. The van der Waals surface area contributed by atoms with Gasteiger partial charge in [-0.15, -0.1) is 11.3 Å². The van der Waals surface area contributed by atoms with Crippen LogP contribution in [-0.4, -0.2) is 11.5 Å².